The van der Waals surface area contributed by atoms with Gasteiger partial charge in [0.25, 0.3) is 0 Å². The Morgan fingerprint density at radius 3 is 2.14 bits per heavy atom. The van der Waals surface area contributed by atoms with Crippen molar-refractivity contribution in [3.8, 4) is 16.9 Å². The highest BCUT2D eigenvalue weighted by Gasteiger charge is 2.30. The van der Waals surface area contributed by atoms with E-state index in [0.717, 1.165) is 16.7 Å². The summed E-state index contributed by atoms with van der Waals surface area (Å²) >= 11 is 0. The Morgan fingerprint density at radius 2 is 1.62 bits per heavy atom. The molecule has 0 spiro atoms. The molecule has 2 rings (SSSR count). The van der Waals surface area contributed by atoms with Gasteiger partial charge in [-0.2, -0.15) is 0 Å². The van der Waals surface area contributed by atoms with Crippen LogP contribution in [0.15, 0.2) is 48.5 Å². The summed E-state index contributed by atoms with van der Waals surface area (Å²) in [7, 11) is 0. The molecule has 0 bridgehead atoms. The Morgan fingerprint density at radius 1 is 1.00 bits per heavy atom. The molecule has 0 aliphatic heterocycles. The van der Waals surface area contributed by atoms with Crippen molar-refractivity contribution in [3.05, 3.63) is 54.1 Å². The molecule has 0 saturated heterocycles. The molecule has 1 unspecified atom stereocenters. The van der Waals surface area contributed by atoms with Crippen LogP contribution in [0.5, 0.6) is 5.75 Å². The number of rotatable bonds is 3. The van der Waals surface area contributed by atoms with Crippen molar-refractivity contribution >= 4 is 12.4 Å². The van der Waals surface area contributed by atoms with Crippen molar-refractivity contribution in [1.29, 1.82) is 0 Å². The Labute approximate surface area is 127 Å². The van der Waals surface area contributed by atoms with Crippen LogP contribution in [0.4, 0.5) is 13.2 Å². The van der Waals surface area contributed by atoms with Crippen molar-refractivity contribution in [2.75, 3.05) is 0 Å². The molecule has 0 amide bonds. The molecule has 1 atom stereocenters. The van der Waals surface area contributed by atoms with Crippen LogP contribution < -0.4 is 10.5 Å². The SMILES string of the molecule is CC(N)c1cccc(-c2ccc(OC(F)(F)F)cc2)c1.Cl. The van der Waals surface area contributed by atoms with Gasteiger partial charge in [0.15, 0.2) is 0 Å². The van der Waals surface area contributed by atoms with E-state index in [1.54, 1.807) is 12.1 Å². The predicted octanol–water partition coefficient (Wildman–Crippen LogP) is 4.69. The number of benzene rings is 2. The van der Waals surface area contributed by atoms with Crippen LogP contribution >= 0.6 is 12.4 Å². The van der Waals surface area contributed by atoms with Gasteiger partial charge in [0.05, 0.1) is 0 Å². The maximum atomic E-state index is 12.1. The molecule has 2 N–H and O–H groups in total. The summed E-state index contributed by atoms with van der Waals surface area (Å²) in [5, 5.41) is 0. The van der Waals surface area contributed by atoms with Crippen molar-refractivity contribution < 1.29 is 17.9 Å². The van der Waals surface area contributed by atoms with E-state index in [9.17, 15) is 13.2 Å². The molecule has 0 aliphatic carbocycles. The fourth-order valence-electron chi connectivity index (χ4n) is 1.85. The molecule has 0 fully saturated rings. The summed E-state index contributed by atoms with van der Waals surface area (Å²) in [6, 6.07) is 13.2. The highest BCUT2D eigenvalue weighted by Crippen LogP contribution is 2.27. The van der Waals surface area contributed by atoms with Crippen LogP contribution in [0.2, 0.25) is 0 Å². The van der Waals surface area contributed by atoms with E-state index in [-0.39, 0.29) is 24.2 Å². The summed E-state index contributed by atoms with van der Waals surface area (Å²) in [5.41, 5.74) is 8.49. The lowest BCUT2D eigenvalue weighted by molar-refractivity contribution is -0.274. The Balaban J connectivity index is 0.00000220. The highest BCUT2D eigenvalue weighted by atomic mass is 35.5. The molecule has 0 saturated carbocycles. The van der Waals surface area contributed by atoms with Gasteiger partial charge in [-0.3, -0.25) is 0 Å². The molecule has 2 aromatic rings. The van der Waals surface area contributed by atoms with Crippen LogP contribution in [0.25, 0.3) is 11.1 Å². The average Bonchev–Trinajstić information content (AvgIpc) is 2.38. The zero-order valence-electron chi connectivity index (χ0n) is 11.2. The predicted molar refractivity (Wildman–Crippen MR) is 78.4 cm³/mol. The molecule has 2 aromatic carbocycles. The van der Waals surface area contributed by atoms with E-state index in [1.807, 2.05) is 31.2 Å². The lowest BCUT2D eigenvalue weighted by Crippen LogP contribution is -2.16. The van der Waals surface area contributed by atoms with Gasteiger partial charge in [-0.25, -0.2) is 0 Å². The third-order valence-corrected chi connectivity index (χ3v) is 2.83. The van der Waals surface area contributed by atoms with Crippen LogP contribution in [0.3, 0.4) is 0 Å². The van der Waals surface area contributed by atoms with Crippen molar-refractivity contribution in [2.45, 2.75) is 19.3 Å². The molecule has 0 aromatic heterocycles. The number of nitrogens with two attached hydrogens (primary N) is 1. The minimum atomic E-state index is -4.67. The molecule has 2 nitrogen and oxygen atoms in total. The topological polar surface area (TPSA) is 35.2 Å². The van der Waals surface area contributed by atoms with Gasteiger partial charge in [0, 0.05) is 6.04 Å². The first kappa shape index (κ1) is 17.3. The lowest BCUT2D eigenvalue weighted by atomic mass is 10.0. The van der Waals surface area contributed by atoms with Gasteiger partial charge in [0.2, 0.25) is 0 Å². The number of hydrogen-bond acceptors (Lipinski definition) is 2. The summed E-state index contributed by atoms with van der Waals surface area (Å²) in [4.78, 5) is 0. The number of hydrogen-bond donors (Lipinski definition) is 1. The smallest absolute Gasteiger partial charge is 0.406 e. The van der Waals surface area contributed by atoms with E-state index < -0.39 is 6.36 Å². The number of halogens is 4. The minimum absolute atomic E-state index is 0. The third-order valence-electron chi connectivity index (χ3n) is 2.83. The Bertz CT molecular complexity index is 582. The van der Waals surface area contributed by atoms with Crippen molar-refractivity contribution in [1.82, 2.24) is 0 Å². The molecule has 21 heavy (non-hydrogen) atoms. The molecule has 0 heterocycles. The largest absolute Gasteiger partial charge is 0.573 e. The maximum Gasteiger partial charge on any atom is 0.573 e. The highest BCUT2D eigenvalue weighted by molar-refractivity contribution is 5.85. The molecule has 114 valence electrons. The standard InChI is InChI=1S/C15H14F3NO.ClH/c1-10(19)12-3-2-4-13(9-12)11-5-7-14(8-6-11)20-15(16,17)18;/h2-10H,19H2,1H3;1H. The van der Waals surface area contributed by atoms with Gasteiger partial charge in [0.1, 0.15) is 5.75 Å². The number of ether oxygens (including phenoxy) is 1. The van der Waals surface area contributed by atoms with Crippen LogP contribution in [0, 0.1) is 0 Å². The monoisotopic (exact) mass is 317 g/mol. The molecule has 0 aliphatic rings. The Kier molecular flexibility index (Phi) is 5.63. The minimum Gasteiger partial charge on any atom is -0.406 e. The van der Waals surface area contributed by atoms with Gasteiger partial charge in [-0.05, 0) is 41.8 Å². The quantitative estimate of drug-likeness (QED) is 0.891. The first-order chi connectivity index (χ1) is 9.35. The van der Waals surface area contributed by atoms with Gasteiger partial charge >= 0.3 is 6.36 Å². The summed E-state index contributed by atoms with van der Waals surface area (Å²) in [5.74, 6) is -0.232. The molecule has 0 radical (unpaired) electrons. The van der Waals surface area contributed by atoms with Crippen LogP contribution in [-0.2, 0) is 0 Å². The van der Waals surface area contributed by atoms with E-state index in [1.165, 1.54) is 12.1 Å². The zero-order chi connectivity index (χ0) is 14.8. The molecular formula is C15H15ClF3NO. The van der Waals surface area contributed by atoms with Gasteiger partial charge < -0.3 is 10.5 Å². The fraction of sp³-hybridized carbons (Fsp3) is 0.200. The summed E-state index contributed by atoms with van der Waals surface area (Å²) in [6.07, 6.45) is -4.67. The lowest BCUT2D eigenvalue weighted by Gasteiger charge is -2.11. The van der Waals surface area contributed by atoms with Crippen molar-refractivity contribution in [3.63, 3.8) is 0 Å². The first-order valence-electron chi connectivity index (χ1n) is 6.07. The normalized spacial score (nSPS) is 12.4. The number of alkyl halides is 3. The summed E-state index contributed by atoms with van der Waals surface area (Å²) in [6.45, 7) is 1.87. The fourth-order valence-corrected chi connectivity index (χ4v) is 1.85. The van der Waals surface area contributed by atoms with Crippen molar-refractivity contribution in [2.24, 2.45) is 5.73 Å². The second-order valence-corrected chi connectivity index (χ2v) is 4.49. The van der Waals surface area contributed by atoms with Gasteiger partial charge in [-0.15, -0.1) is 25.6 Å². The second-order valence-electron chi connectivity index (χ2n) is 4.49. The van der Waals surface area contributed by atoms with Crippen LogP contribution in [0.1, 0.15) is 18.5 Å². The molecule has 6 heteroatoms. The first-order valence-corrected chi connectivity index (χ1v) is 6.07. The Hall–Kier alpha value is -1.72. The van der Waals surface area contributed by atoms with Crippen LogP contribution in [-0.4, -0.2) is 6.36 Å². The average molecular weight is 318 g/mol. The third kappa shape index (κ3) is 4.95. The van der Waals surface area contributed by atoms with E-state index in [2.05, 4.69) is 4.74 Å². The maximum absolute atomic E-state index is 12.1. The summed E-state index contributed by atoms with van der Waals surface area (Å²) < 4.78 is 40.0. The van der Waals surface area contributed by atoms with E-state index in [4.69, 9.17) is 5.73 Å². The van der Waals surface area contributed by atoms with E-state index >= 15 is 0 Å². The molecular weight excluding hydrogens is 303 g/mol. The van der Waals surface area contributed by atoms with E-state index in [0.29, 0.717) is 0 Å². The second kappa shape index (κ2) is 6.83. The zero-order valence-corrected chi connectivity index (χ0v) is 12.0. The van der Waals surface area contributed by atoms with Gasteiger partial charge in [-0.1, -0.05) is 30.3 Å².